The number of esters is 1. The summed E-state index contributed by atoms with van der Waals surface area (Å²) in [5, 5.41) is 3.20. The average molecular weight is 256 g/mol. The second kappa shape index (κ2) is 7.41. The van der Waals surface area contributed by atoms with Crippen LogP contribution in [0.4, 0.5) is 0 Å². The molecular weight excluding hydrogens is 228 g/mol. The quantitative estimate of drug-likeness (QED) is 0.652. The second-order valence-electron chi connectivity index (χ2n) is 5.81. The second-order valence-corrected chi connectivity index (χ2v) is 5.81. The number of carbonyl (C=O) groups is 1. The Labute approximate surface area is 111 Å². The van der Waals surface area contributed by atoms with Crippen molar-refractivity contribution in [2.24, 2.45) is 17.1 Å². The van der Waals surface area contributed by atoms with Crippen molar-refractivity contribution in [1.29, 1.82) is 0 Å². The van der Waals surface area contributed by atoms with Gasteiger partial charge in [-0.15, -0.1) is 0 Å². The molecule has 0 heterocycles. The molecule has 0 aromatic carbocycles. The standard InChI is InChI=1S/C14H28N2O2/c1-10(2)9-12(15)11(3)16-8-7-14(4,5)13(17)18-6/h10,12,16H,3,7-9,15H2,1-2,4-6H3/t12-/m0/s1. The molecule has 18 heavy (non-hydrogen) atoms. The van der Waals surface area contributed by atoms with Crippen molar-refractivity contribution in [3.8, 4) is 0 Å². The predicted octanol–water partition coefficient (Wildman–Crippen LogP) is 2.05. The van der Waals surface area contributed by atoms with Gasteiger partial charge in [-0.2, -0.15) is 0 Å². The Balaban J connectivity index is 4.04. The molecular formula is C14H28N2O2. The van der Waals surface area contributed by atoms with Gasteiger partial charge in [-0.25, -0.2) is 0 Å². The minimum atomic E-state index is -0.482. The summed E-state index contributed by atoms with van der Waals surface area (Å²) in [5.41, 5.74) is 6.36. The van der Waals surface area contributed by atoms with Gasteiger partial charge in [0.15, 0.2) is 0 Å². The van der Waals surface area contributed by atoms with E-state index < -0.39 is 5.41 Å². The minimum absolute atomic E-state index is 0.0359. The monoisotopic (exact) mass is 256 g/mol. The van der Waals surface area contributed by atoms with Crippen molar-refractivity contribution in [2.45, 2.75) is 46.6 Å². The van der Waals surface area contributed by atoms with Crippen molar-refractivity contribution < 1.29 is 9.53 Å². The van der Waals surface area contributed by atoms with Gasteiger partial charge in [-0.1, -0.05) is 20.4 Å². The highest BCUT2D eigenvalue weighted by atomic mass is 16.5. The summed E-state index contributed by atoms with van der Waals surface area (Å²) >= 11 is 0. The Bertz CT molecular complexity index is 286. The zero-order valence-corrected chi connectivity index (χ0v) is 12.4. The average Bonchev–Trinajstić information content (AvgIpc) is 2.26. The first kappa shape index (κ1) is 17.0. The van der Waals surface area contributed by atoms with Crippen LogP contribution in [0.15, 0.2) is 12.3 Å². The lowest BCUT2D eigenvalue weighted by Gasteiger charge is -2.23. The number of carbonyl (C=O) groups excluding carboxylic acids is 1. The Morgan fingerprint density at radius 1 is 1.44 bits per heavy atom. The highest BCUT2D eigenvalue weighted by Crippen LogP contribution is 2.21. The first-order valence-electron chi connectivity index (χ1n) is 6.47. The van der Waals surface area contributed by atoms with Crippen molar-refractivity contribution in [3.63, 3.8) is 0 Å². The molecule has 0 unspecified atom stereocenters. The Morgan fingerprint density at radius 3 is 2.44 bits per heavy atom. The van der Waals surface area contributed by atoms with Crippen molar-refractivity contribution >= 4 is 5.97 Å². The van der Waals surface area contributed by atoms with Crippen LogP contribution in [0.1, 0.15) is 40.5 Å². The lowest BCUT2D eigenvalue weighted by Crippen LogP contribution is -2.35. The summed E-state index contributed by atoms with van der Waals surface area (Å²) in [6.45, 7) is 12.6. The van der Waals surface area contributed by atoms with Gasteiger partial charge in [0, 0.05) is 18.3 Å². The molecule has 0 aliphatic heterocycles. The fourth-order valence-electron chi connectivity index (χ4n) is 1.70. The molecule has 0 bridgehead atoms. The number of methoxy groups -OCH3 is 1. The maximum absolute atomic E-state index is 11.5. The van der Waals surface area contributed by atoms with E-state index in [1.807, 2.05) is 13.8 Å². The molecule has 0 aliphatic carbocycles. The van der Waals surface area contributed by atoms with Crippen LogP contribution in [0.2, 0.25) is 0 Å². The molecule has 0 aliphatic rings. The lowest BCUT2D eigenvalue weighted by molar-refractivity contribution is -0.151. The van der Waals surface area contributed by atoms with Crippen LogP contribution in [0.25, 0.3) is 0 Å². The molecule has 0 saturated carbocycles. The van der Waals surface area contributed by atoms with Gasteiger partial charge in [0.25, 0.3) is 0 Å². The van der Waals surface area contributed by atoms with Gasteiger partial charge in [-0.05, 0) is 32.6 Å². The molecule has 0 amide bonds. The van der Waals surface area contributed by atoms with Crippen LogP contribution in [-0.2, 0) is 9.53 Å². The van der Waals surface area contributed by atoms with Gasteiger partial charge in [-0.3, -0.25) is 4.79 Å². The Kier molecular flexibility index (Phi) is 6.99. The largest absolute Gasteiger partial charge is 0.469 e. The summed E-state index contributed by atoms with van der Waals surface area (Å²) in [5.74, 6) is 0.353. The predicted molar refractivity (Wildman–Crippen MR) is 75.0 cm³/mol. The molecule has 4 heteroatoms. The first-order valence-corrected chi connectivity index (χ1v) is 6.47. The van der Waals surface area contributed by atoms with Crippen molar-refractivity contribution in [1.82, 2.24) is 5.32 Å². The van der Waals surface area contributed by atoms with E-state index in [4.69, 9.17) is 10.5 Å². The zero-order chi connectivity index (χ0) is 14.3. The fraction of sp³-hybridized carbons (Fsp3) is 0.786. The summed E-state index contributed by atoms with van der Waals surface area (Å²) in [7, 11) is 1.41. The third-order valence-corrected chi connectivity index (χ3v) is 3.01. The molecule has 0 spiro atoms. The van der Waals surface area contributed by atoms with Gasteiger partial charge in [0.05, 0.1) is 12.5 Å². The van der Waals surface area contributed by atoms with Crippen LogP contribution in [-0.4, -0.2) is 25.7 Å². The molecule has 0 rings (SSSR count). The molecule has 0 fully saturated rings. The molecule has 3 N–H and O–H groups in total. The van der Waals surface area contributed by atoms with E-state index in [-0.39, 0.29) is 12.0 Å². The molecule has 1 atom stereocenters. The summed E-state index contributed by atoms with van der Waals surface area (Å²) in [4.78, 5) is 11.5. The third-order valence-electron chi connectivity index (χ3n) is 3.01. The van der Waals surface area contributed by atoms with Crippen LogP contribution >= 0.6 is 0 Å². The molecule has 0 radical (unpaired) electrons. The first-order chi connectivity index (χ1) is 8.20. The van der Waals surface area contributed by atoms with Gasteiger partial charge < -0.3 is 15.8 Å². The van der Waals surface area contributed by atoms with E-state index in [1.165, 1.54) is 7.11 Å². The maximum atomic E-state index is 11.5. The van der Waals surface area contributed by atoms with Crippen molar-refractivity contribution in [3.05, 3.63) is 12.3 Å². The fourth-order valence-corrected chi connectivity index (χ4v) is 1.70. The summed E-state index contributed by atoms with van der Waals surface area (Å²) < 4.78 is 4.76. The van der Waals surface area contributed by atoms with E-state index in [1.54, 1.807) is 0 Å². The highest BCUT2D eigenvalue weighted by molar-refractivity contribution is 5.75. The van der Waals surface area contributed by atoms with E-state index in [0.717, 1.165) is 12.1 Å². The number of nitrogens with two attached hydrogens (primary N) is 1. The van der Waals surface area contributed by atoms with E-state index in [0.29, 0.717) is 18.9 Å². The normalized spacial score (nSPS) is 13.3. The number of ether oxygens (including phenoxy) is 1. The van der Waals surface area contributed by atoms with E-state index >= 15 is 0 Å². The molecule has 4 nitrogen and oxygen atoms in total. The van der Waals surface area contributed by atoms with E-state index in [2.05, 4.69) is 25.7 Å². The van der Waals surface area contributed by atoms with Crippen LogP contribution in [0.3, 0.4) is 0 Å². The summed E-state index contributed by atoms with van der Waals surface area (Å²) in [6.07, 6.45) is 1.60. The maximum Gasteiger partial charge on any atom is 0.311 e. The smallest absolute Gasteiger partial charge is 0.311 e. The Hall–Kier alpha value is -1.03. The van der Waals surface area contributed by atoms with Crippen LogP contribution in [0.5, 0.6) is 0 Å². The SMILES string of the molecule is C=C(NCCC(C)(C)C(=O)OC)[C@@H](N)CC(C)C. The highest BCUT2D eigenvalue weighted by Gasteiger charge is 2.28. The number of hydrogen-bond donors (Lipinski definition) is 2. The number of nitrogens with one attached hydrogen (secondary N) is 1. The molecule has 0 aromatic heterocycles. The van der Waals surface area contributed by atoms with Gasteiger partial charge >= 0.3 is 5.97 Å². The van der Waals surface area contributed by atoms with E-state index in [9.17, 15) is 4.79 Å². The summed E-state index contributed by atoms with van der Waals surface area (Å²) in [6, 6.07) is -0.0359. The molecule has 0 saturated heterocycles. The van der Waals surface area contributed by atoms with Crippen LogP contribution in [0, 0.1) is 11.3 Å². The lowest BCUT2D eigenvalue weighted by atomic mass is 9.89. The number of rotatable bonds is 8. The molecule has 0 aromatic rings. The topological polar surface area (TPSA) is 64.3 Å². The van der Waals surface area contributed by atoms with Gasteiger partial charge in [0.2, 0.25) is 0 Å². The third kappa shape index (κ3) is 6.05. The molecule has 106 valence electrons. The Morgan fingerprint density at radius 2 is 2.00 bits per heavy atom. The van der Waals surface area contributed by atoms with Gasteiger partial charge in [0.1, 0.15) is 0 Å². The van der Waals surface area contributed by atoms with Crippen LogP contribution < -0.4 is 11.1 Å². The van der Waals surface area contributed by atoms with Crippen molar-refractivity contribution in [2.75, 3.05) is 13.7 Å². The zero-order valence-electron chi connectivity index (χ0n) is 12.4. The number of hydrogen-bond acceptors (Lipinski definition) is 4. The minimum Gasteiger partial charge on any atom is -0.469 e.